The minimum atomic E-state index is -0.0246. The fourth-order valence-corrected chi connectivity index (χ4v) is 2.36. The van der Waals surface area contributed by atoms with Gasteiger partial charge >= 0.3 is 0 Å². The molecule has 0 fully saturated rings. The van der Waals surface area contributed by atoms with E-state index in [1.165, 1.54) is 0 Å². The summed E-state index contributed by atoms with van der Waals surface area (Å²) >= 11 is 12.3. The molecule has 0 aliphatic carbocycles. The van der Waals surface area contributed by atoms with Crippen molar-refractivity contribution in [3.8, 4) is 0 Å². The molecule has 0 bridgehead atoms. The highest BCUT2D eigenvalue weighted by Crippen LogP contribution is 2.31. The topological polar surface area (TPSA) is 12.0 Å². The summed E-state index contributed by atoms with van der Waals surface area (Å²) in [7, 11) is 0. The van der Waals surface area contributed by atoms with Gasteiger partial charge in [0.25, 0.3) is 0 Å². The quantitative estimate of drug-likeness (QED) is 0.701. The van der Waals surface area contributed by atoms with Crippen molar-refractivity contribution in [2.75, 3.05) is 13.1 Å². The Morgan fingerprint density at radius 2 is 2.05 bits per heavy atom. The van der Waals surface area contributed by atoms with E-state index in [1.54, 1.807) is 0 Å². The first-order valence-corrected chi connectivity index (χ1v) is 7.41. The van der Waals surface area contributed by atoms with Crippen molar-refractivity contribution in [1.29, 1.82) is 0 Å². The van der Waals surface area contributed by atoms with E-state index in [2.05, 4.69) is 32.7 Å². The molecule has 0 heterocycles. The summed E-state index contributed by atoms with van der Waals surface area (Å²) < 4.78 is 0. The third-order valence-electron chi connectivity index (χ3n) is 3.20. The molecule has 1 atom stereocenters. The van der Waals surface area contributed by atoms with Crippen molar-refractivity contribution in [2.45, 2.75) is 27.2 Å². The molecule has 1 nitrogen and oxygen atoms in total. The van der Waals surface area contributed by atoms with E-state index in [0.29, 0.717) is 16.0 Å². The second-order valence-electron chi connectivity index (χ2n) is 5.77. The monoisotopic (exact) mass is 299 g/mol. The Labute approximate surface area is 127 Å². The molecule has 1 rings (SSSR count). The summed E-state index contributed by atoms with van der Waals surface area (Å²) in [5, 5.41) is 4.75. The van der Waals surface area contributed by atoms with Crippen LogP contribution in [0.2, 0.25) is 10.0 Å². The van der Waals surface area contributed by atoms with Crippen LogP contribution in [0.25, 0.3) is 0 Å². The van der Waals surface area contributed by atoms with Crippen LogP contribution in [0.15, 0.2) is 30.9 Å². The van der Waals surface area contributed by atoms with Gasteiger partial charge in [0.2, 0.25) is 0 Å². The number of hydrogen-bond acceptors (Lipinski definition) is 1. The van der Waals surface area contributed by atoms with Gasteiger partial charge in [-0.1, -0.05) is 62.2 Å². The Morgan fingerprint density at radius 3 is 2.63 bits per heavy atom. The van der Waals surface area contributed by atoms with Gasteiger partial charge in [0, 0.05) is 12.0 Å². The van der Waals surface area contributed by atoms with Gasteiger partial charge in [0.1, 0.15) is 0 Å². The summed E-state index contributed by atoms with van der Waals surface area (Å²) in [5.74, 6) is 0.642. The molecule has 0 amide bonds. The van der Waals surface area contributed by atoms with Crippen LogP contribution in [0.3, 0.4) is 0 Å². The minimum Gasteiger partial charge on any atom is -0.316 e. The predicted octanol–water partition coefficient (Wildman–Crippen LogP) is 4.97. The van der Waals surface area contributed by atoms with Gasteiger partial charge in [-0.3, -0.25) is 0 Å². The average molecular weight is 300 g/mol. The fourth-order valence-electron chi connectivity index (χ4n) is 1.97. The SMILES string of the molecule is C=CC(C)(CNCC(C)C)Cc1cccc(Cl)c1Cl. The van der Waals surface area contributed by atoms with Gasteiger partial charge in [-0.15, -0.1) is 6.58 Å². The molecular formula is C16H23Cl2N. The van der Waals surface area contributed by atoms with E-state index in [1.807, 2.05) is 24.3 Å². The lowest BCUT2D eigenvalue weighted by molar-refractivity contribution is 0.378. The molecule has 0 saturated heterocycles. The molecule has 0 aliphatic rings. The van der Waals surface area contributed by atoms with Gasteiger partial charge in [-0.25, -0.2) is 0 Å². The van der Waals surface area contributed by atoms with Gasteiger partial charge in [0.15, 0.2) is 0 Å². The zero-order chi connectivity index (χ0) is 14.5. The molecule has 1 unspecified atom stereocenters. The number of hydrogen-bond donors (Lipinski definition) is 1. The van der Waals surface area contributed by atoms with Crippen molar-refractivity contribution in [2.24, 2.45) is 11.3 Å². The second kappa shape index (κ2) is 7.33. The lowest BCUT2D eigenvalue weighted by Gasteiger charge is -2.27. The zero-order valence-electron chi connectivity index (χ0n) is 12.0. The molecule has 0 aliphatic heterocycles. The number of halogens is 2. The van der Waals surface area contributed by atoms with Gasteiger partial charge in [-0.05, 0) is 30.5 Å². The highest BCUT2D eigenvalue weighted by atomic mass is 35.5. The van der Waals surface area contributed by atoms with Crippen molar-refractivity contribution in [3.05, 3.63) is 46.5 Å². The molecule has 3 heteroatoms. The van der Waals surface area contributed by atoms with E-state index in [9.17, 15) is 0 Å². The molecule has 1 N–H and O–H groups in total. The average Bonchev–Trinajstić information content (AvgIpc) is 2.34. The van der Waals surface area contributed by atoms with Gasteiger partial charge < -0.3 is 5.32 Å². The first-order chi connectivity index (χ1) is 8.88. The lowest BCUT2D eigenvalue weighted by Crippen LogP contribution is -2.34. The molecule has 1 aromatic carbocycles. The summed E-state index contributed by atoms with van der Waals surface area (Å²) in [6.45, 7) is 12.4. The van der Waals surface area contributed by atoms with Crippen LogP contribution in [-0.4, -0.2) is 13.1 Å². The predicted molar refractivity (Wildman–Crippen MR) is 86.2 cm³/mol. The van der Waals surface area contributed by atoms with Crippen molar-refractivity contribution >= 4 is 23.2 Å². The third-order valence-corrected chi connectivity index (χ3v) is 4.06. The molecule has 106 valence electrons. The number of nitrogens with one attached hydrogen (secondary N) is 1. The smallest absolute Gasteiger partial charge is 0.0624 e. The second-order valence-corrected chi connectivity index (χ2v) is 6.56. The molecule has 0 aromatic heterocycles. The van der Waals surface area contributed by atoms with E-state index in [-0.39, 0.29) is 5.41 Å². The highest BCUT2D eigenvalue weighted by Gasteiger charge is 2.22. The van der Waals surface area contributed by atoms with Crippen LogP contribution in [0.5, 0.6) is 0 Å². The van der Waals surface area contributed by atoms with E-state index < -0.39 is 0 Å². The molecule has 1 aromatic rings. The first-order valence-electron chi connectivity index (χ1n) is 6.65. The Bertz CT molecular complexity index is 429. The van der Waals surface area contributed by atoms with Gasteiger partial charge in [-0.2, -0.15) is 0 Å². The number of rotatable bonds is 7. The normalized spacial score (nSPS) is 14.4. The Hall–Kier alpha value is -0.500. The number of benzene rings is 1. The molecule has 0 saturated carbocycles. The Kier molecular flexibility index (Phi) is 6.38. The molecular weight excluding hydrogens is 277 g/mol. The molecule has 0 spiro atoms. The summed E-state index contributed by atoms with van der Waals surface area (Å²) in [6.07, 6.45) is 2.83. The maximum Gasteiger partial charge on any atom is 0.0624 e. The maximum absolute atomic E-state index is 6.25. The summed E-state index contributed by atoms with van der Waals surface area (Å²) in [4.78, 5) is 0. The van der Waals surface area contributed by atoms with Crippen LogP contribution in [0.4, 0.5) is 0 Å². The van der Waals surface area contributed by atoms with Crippen LogP contribution >= 0.6 is 23.2 Å². The third kappa shape index (κ3) is 5.18. The Morgan fingerprint density at radius 1 is 1.37 bits per heavy atom. The van der Waals surface area contributed by atoms with E-state index in [4.69, 9.17) is 23.2 Å². The highest BCUT2D eigenvalue weighted by molar-refractivity contribution is 6.42. The van der Waals surface area contributed by atoms with Crippen molar-refractivity contribution < 1.29 is 0 Å². The van der Waals surface area contributed by atoms with E-state index >= 15 is 0 Å². The maximum atomic E-state index is 6.25. The van der Waals surface area contributed by atoms with E-state index in [0.717, 1.165) is 25.1 Å². The van der Waals surface area contributed by atoms with Crippen LogP contribution < -0.4 is 5.32 Å². The van der Waals surface area contributed by atoms with Crippen LogP contribution in [-0.2, 0) is 6.42 Å². The lowest BCUT2D eigenvalue weighted by atomic mass is 9.83. The fraction of sp³-hybridized carbons (Fsp3) is 0.500. The standard InChI is InChI=1S/C16H23Cl2N/c1-5-16(4,11-19-10-12(2)3)9-13-7-6-8-14(17)15(13)18/h5-8,12,19H,1,9-11H2,2-4H3. The van der Waals surface area contributed by atoms with Gasteiger partial charge in [0.05, 0.1) is 10.0 Å². The molecule has 0 radical (unpaired) electrons. The minimum absolute atomic E-state index is 0.0246. The zero-order valence-corrected chi connectivity index (χ0v) is 13.5. The first kappa shape index (κ1) is 16.6. The van der Waals surface area contributed by atoms with Crippen molar-refractivity contribution in [3.63, 3.8) is 0 Å². The summed E-state index contributed by atoms with van der Waals surface area (Å²) in [6, 6.07) is 5.78. The molecule has 19 heavy (non-hydrogen) atoms. The largest absolute Gasteiger partial charge is 0.316 e. The Balaban J connectivity index is 2.74. The van der Waals surface area contributed by atoms with Crippen LogP contribution in [0, 0.1) is 11.3 Å². The summed E-state index contributed by atoms with van der Waals surface area (Å²) in [5.41, 5.74) is 1.05. The van der Waals surface area contributed by atoms with Crippen molar-refractivity contribution in [1.82, 2.24) is 5.32 Å². The van der Waals surface area contributed by atoms with Crippen LogP contribution in [0.1, 0.15) is 26.3 Å².